The van der Waals surface area contributed by atoms with Crippen LogP contribution in [-0.2, 0) is 17.1 Å². The van der Waals surface area contributed by atoms with E-state index in [1.165, 1.54) is 29.1 Å². The van der Waals surface area contributed by atoms with Gasteiger partial charge in [-0.05, 0) is 25.1 Å². The fourth-order valence-corrected chi connectivity index (χ4v) is 4.24. The molecule has 1 unspecified atom stereocenters. The summed E-state index contributed by atoms with van der Waals surface area (Å²) in [5, 5.41) is 8.96. The summed E-state index contributed by atoms with van der Waals surface area (Å²) in [5.41, 5.74) is -0.0952. The molecule has 0 saturated heterocycles. The molecular weight excluding hydrogens is 336 g/mol. The quantitative estimate of drug-likeness (QED) is 0.868. The minimum Gasteiger partial charge on any atom is -0.477 e. The maximum absolute atomic E-state index is 12.3. The van der Waals surface area contributed by atoms with Gasteiger partial charge in [0.25, 0.3) is 0 Å². The van der Waals surface area contributed by atoms with E-state index in [1.54, 1.807) is 19.1 Å². The van der Waals surface area contributed by atoms with Gasteiger partial charge in [0, 0.05) is 18.1 Å². The van der Waals surface area contributed by atoms with Gasteiger partial charge in [-0.2, -0.15) is 0 Å². The summed E-state index contributed by atoms with van der Waals surface area (Å²) in [6.45, 7) is 1.70. The average molecular weight is 349 g/mol. The first-order chi connectivity index (χ1) is 9.70. The number of hydrogen-bond donors (Lipinski definition) is 2. The molecule has 0 radical (unpaired) electrons. The molecule has 6 nitrogen and oxygen atoms in total. The smallest absolute Gasteiger partial charge is 0.352 e. The lowest BCUT2D eigenvalue weighted by atomic mass is 10.3. The number of aryl methyl sites for hydroxylation is 1. The first kappa shape index (κ1) is 16.0. The minimum absolute atomic E-state index is 0.0862. The van der Waals surface area contributed by atoms with Crippen molar-refractivity contribution in [3.8, 4) is 0 Å². The van der Waals surface area contributed by atoms with Crippen molar-refractivity contribution in [3.05, 3.63) is 39.3 Å². The summed E-state index contributed by atoms with van der Waals surface area (Å²) in [4.78, 5) is 11.6. The molecule has 2 aromatic heterocycles. The van der Waals surface area contributed by atoms with Gasteiger partial charge in [-0.3, -0.25) is 0 Å². The van der Waals surface area contributed by atoms with E-state index in [2.05, 4.69) is 4.72 Å². The fraction of sp³-hybridized carbons (Fsp3) is 0.250. The van der Waals surface area contributed by atoms with Crippen molar-refractivity contribution in [1.82, 2.24) is 9.29 Å². The molecule has 0 aliphatic heterocycles. The van der Waals surface area contributed by atoms with Crippen LogP contribution in [-0.4, -0.2) is 24.1 Å². The number of sulfonamides is 1. The fourth-order valence-electron chi connectivity index (χ4n) is 1.81. The van der Waals surface area contributed by atoms with Crippen molar-refractivity contribution in [2.45, 2.75) is 17.9 Å². The topological polar surface area (TPSA) is 88.4 Å². The maximum Gasteiger partial charge on any atom is 0.352 e. The van der Waals surface area contributed by atoms with Crippen LogP contribution < -0.4 is 4.72 Å². The molecule has 0 aliphatic carbocycles. The summed E-state index contributed by atoms with van der Waals surface area (Å²) < 4.78 is 28.9. The summed E-state index contributed by atoms with van der Waals surface area (Å²) in [5.74, 6) is -1.18. The van der Waals surface area contributed by atoms with Crippen molar-refractivity contribution < 1.29 is 18.3 Å². The Kier molecular flexibility index (Phi) is 4.43. The van der Waals surface area contributed by atoms with E-state index >= 15 is 0 Å². The predicted molar refractivity (Wildman–Crippen MR) is 80.4 cm³/mol. The molecule has 2 aromatic rings. The molecule has 9 heteroatoms. The van der Waals surface area contributed by atoms with Crippen LogP contribution in [0, 0.1) is 0 Å². The second kappa shape index (κ2) is 5.80. The van der Waals surface area contributed by atoms with Gasteiger partial charge in [-0.25, -0.2) is 17.9 Å². The van der Waals surface area contributed by atoms with Crippen molar-refractivity contribution in [2.24, 2.45) is 7.05 Å². The Morgan fingerprint density at radius 3 is 2.62 bits per heavy atom. The van der Waals surface area contributed by atoms with Gasteiger partial charge >= 0.3 is 5.97 Å². The second-order valence-corrected chi connectivity index (χ2v) is 7.92. The number of aromatic nitrogens is 1. The Bertz CT molecular complexity index is 779. The van der Waals surface area contributed by atoms with E-state index in [-0.39, 0.29) is 10.6 Å². The lowest BCUT2D eigenvalue weighted by molar-refractivity contribution is 0.0686. The van der Waals surface area contributed by atoms with Gasteiger partial charge in [-0.15, -0.1) is 11.3 Å². The number of aromatic carboxylic acids is 1. The number of thiophene rings is 1. The highest BCUT2D eigenvalue weighted by molar-refractivity contribution is 7.89. The predicted octanol–water partition coefficient (Wildman–Crippen LogP) is 2.48. The maximum atomic E-state index is 12.3. The van der Waals surface area contributed by atoms with Gasteiger partial charge in [0.05, 0.1) is 10.4 Å². The third-order valence-corrected chi connectivity index (χ3v) is 5.78. The highest BCUT2D eigenvalue weighted by Crippen LogP contribution is 2.27. The molecule has 21 heavy (non-hydrogen) atoms. The zero-order valence-electron chi connectivity index (χ0n) is 11.2. The Morgan fingerprint density at radius 1 is 1.48 bits per heavy atom. The van der Waals surface area contributed by atoms with Crippen LogP contribution in [0.2, 0.25) is 4.34 Å². The highest BCUT2D eigenvalue weighted by atomic mass is 35.5. The minimum atomic E-state index is -3.80. The summed E-state index contributed by atoms with van der Waals surface area (Å²) in [6.07, 6.45) is 1.26. The van der Waals surface area contributed by atoms with E-state index in [9.17, 15) is 13.2 Å². The molecule has 0 saturated carbocycles. The Labute approximate surface area is 131 Å². The lowest BCUT2D eigenvalue weighted by Gasteiger charge is -2.11. The molecule has 0 aliphatic rings. The molecule has 2 rings (SSSR count). The number of carbonyl (C=O) groups is 1. The van der Waals surface area contributed by atoms with E-state index in [1.807, 2.05) is 0 Å². The monoisotopic (exact) mass is 348 g/mol. The molecule has 2 heterocycles. The van der Waals surface area contributed by atoms with E-state index in [0.717, 1.165) is 10.9 Å². The number of hydrogen-bond acceptors (Lipinski definition) is 4. The molecule has 2 N–H and O–H groups in total. The highest BCUT2D eigenvalue weighted by Gasteiger charge is 2.23. The largest absolute Gasteiger partial charge is 0.477 e. The number of nitrogens with one attached hydrogen (secondary N) is 1. The summed E-state index contributed by atoms with van der Waals surface area (Å²) in [6, 6.07) is 4.10. The van der Waals surface area contributed by atoms with Crippen molar-refractivity contribution in [1.29, 1.82) is 0 Å². The molecular formula is C12H13ClN2O4S2. The van der Waals surface area contributed by atoms with Crippen LogP contribution in [0.5, 0.6) is 0 Å². The lowest BCUT2D eigenvalue weighted by Crippen LogP contribution is -2.26. The van der Waals surface area contributed by atoms with Crippen molar-refractivity contribution >= 4 is 38.9 Å². The Balaban J connectivity index is 2.26. The van der Waals surface area contributed by atoms with Gasteiger partial charge in [0.1, 0.15) is 10.6 Å². The SMILES string of the molecule is CC(NS(=O)(=O)c1cc(C(=O)O)n(C)c1)c1ccc(Cl)s1. The summed E-state index contributed by atoms with van der Waals surface area (Å²) >= 11 is 7.11. The van der Waals surface area contributed by atoms with Crippen molar-refractivity contribution in [2.75, 3.05) is 0 Å². The number of rotatable bonds is 5. The number of carboxylic acid groups (broad SMARTS) is 1. The Morgan fingerprint density at radius 2 is 2.14 bits per heavy atom. The van der Waals surface area contributed by atoms with Crippen LogP contribution in [0.25, 0.3) is 0 Å². The molecule has 0 amide bonds. The van der Waals surface area contributed by atoms with Crippen LogP contribution in [0.3, 0.4) is 0 Å². The van der Waals surface area contributed by atoms with E-state index < -0.39 is 22.0 Å². The standard InChI is InChI=1S/C12H13ClN2O4S2/c1-7(10-3-4-11(13)20-10)14-21(18,19)8-5-9(12(16)17)15(2)6-8/h3-7,14H,1-2H3,(H,16,17). The molecule has 0 fully saturated rings. The van der Waals surface area contributed by atoms with Gasteiger partial charge in [0.2, 0.25) is 10.0 Å². The molecule has 0 aromatic carbocycles. The molecule has 0 spiro atoms. The average Bonchev–Trinajstić information content (AvgIpc) is 2.95. The first-order valence-corrected chi connectivity index (χ1v) is 8.55. The number of halogens is 1. The van der Waals surface area contributed by atoms with Crippen LogP contribution in [0.1, 0.15) is 28.3 Å². The van der Waals surface area contributed by atoms with Crippen LogP contribution in [0.4, 0.5) is 0 Å². The van der Waals surface area contributed by atoms with Crippen LogP contribution >= 0.6 is 22.9 Å². The van der Waals surface area contributed by atoms with E-state index in [4.69, 9.17) is 16.7 Å². The zero-order chi connectivity index (χ0) is 15.8. The third-order valence-electron chi connectivity index (χ3n) is 2.86. The van der Waals surface area contributed by atoms with Gasteiger partial charge < -0.3 is 9.67 Å². The Hall–Kier alpha value is -1.35. The molecule has 1 atom stereocenters. The van der Waals surface area contributed by atoms with Gasteiger partial charge in [0.15, 0.2) is 0 Å². The molecule has 114 valence electrons. The van der Waals surface area contributed by atoms with Crippen molar-refractivity contribution in [3.63, 3.8) is 0 Å². The summed E-state index contributed by atoms with van der Waals surface area (Å²) in [7, 11) is -2.33. The third kappa shape index (κ3) is 3.46. The van der Waals surface area contributed by atoms with Crippen LogP contribution in [0.15, 0.2) is 29.3 Å². The number of carboxylic acids is 1. The molecule has 0 bridgehead atoms. The van der Waals surface area contributed by atoms with Gasteiger partial charge in [-0.1, -0.05) is 11.6 Å². The zero-order valence-corrected chi connectivity index (χ0v) is 13.6. The number of nitrogens with zero attached hydrogens (tertiary/aromatic N) is 1. The second-order valence-electron chi connectivity index (χ2n) is 4.46. The normalized spacial score (nSPS) is 13.3. The first-order valence-electron chi connectivity index (χ1n) is 5.88. The van der Waals surface area contributed by atoms with E-state index in [0.29, 0.717) is 4.34 Å².